The summed E-state index contributed by atoms with van der Waals surface area (Å²) in [6.07, 6.45) is 0.885. The van der Waals surface area contributed by atoms with Crippen LogP contribution in [0, 0.1) is 23.5 Å². The highest BCUT2D eigenvalue weighted by molar-refractivity contribution is 7.09. The molecule has 4 nitrogen and oxygen atoms in total. The average Bonchev–Trinajstić information content (AvgIpc) is 3.02. The normalized spacial score (nSPS) is 16.0. The van der Waals surface area contributed by atoms with E-state index in [2.05, 4.69) is 14.9 Å². The SMILES string of the molecule is CCc1nc(CN2CCN(c3c(F)c(F)nc(F)c3F)CC2)cs1. The molecule has 0 aromatic carbocycles. The van der Waals surface area contributed by atoms with Crippen molar-refractivity contribution in [3.8, 4) is 0 Å². The Balaban J connectivity index is 1.67. The Bertz CT molecular complexity index is 702. The second-order valence-electron chi connectivity index (χ2n) is 5.52. The summed E-state index contributed by atoms with van der Waals surface area (Å²) in [5.74, 6) is -6.15. The molecule has 2 aromatic rings. The van der Waals surface area contributed by atoms with Gasteiger partial charge >= 0.3 is 0 Å². The van der Waals surface area contributed by atoms with Crippen LogP contribution in [0.4, 0.5) is 23.2 Å². The van der Waals surface area contributed by atoms with Gasteiger partial charge in [-0.2, -0.15) is 22.5 Å². The fraction of sp³-hybridized carbons (Fsp3) is 0.467. The average molecular weight is 360 g/mol. The summed E-state index contributed by atoms with van der Waals surface area (Å²) in [6.45, 7) is 4.25. The Hall–Kier alpha value is -1.74. The lowest BCUT2D eigenvalue weighted by molar-refractivity contribution is 0.245. The van der Waals surface area contributed by atoms with Crippen LogP contribution in [0.1, 0.15) is 17.6 Å². The van der Waals surface area contributed by atoms with Crippen LogP contribution in [-0.2, 0) is 13.0 Å². The molecule has 0 radical (unpaired) electrons. The topological polar surface area (TPSA) is 32.3 Å². The van der Waals surface area contributed by atoms with Gasteiger partial charge in [0.2, 0.25) is 11.6 Å². The van der Waals surface area contributed by atoms with E-state index in [9.17, 15) is 17.6 Å². The second kappa shape index (κ2) is 7.02. The van der Waals surface area contributed by atoms with Gasteiger partial charge in [-0.15, -0.1) is 11.3 Å². The molecular weight excluding hydrogens is 344 g/mol. The summed E-state index contributed by atoms with van der Waals surface area (Å²) in [5.41, 5.74) is 0.283. The van der Waals surface area contributed by atoms with E-state index < -0.39 is 29.2 Å². The van der Waals surface area contributed by atoms with Crippen molar-refractivity contribution in [2.24, 2.45) is 0 Å². The first-order chi connectivity index (χ1) is 11.5. The lowest BCUT2D eigenvalue weighted by Gasteiger charge is -2.35. The van der Waals surface area contributed by atoms with Crippen molar-refractivity contribution in [2.45, 2.75) is 19.9 Å². The van der Waals surface area contributed by atoms with Gasteiger partial charge in [0.15, 0.2) is 0 Å². The van der Waals surface area contributed by atoms with Crippen molar-refractivity contribution in [1.82, 2.24) is 14.9 Å². The zero-order chi connectivity index (χ0) is 17.3. The Morgan fingerprint density at radius 3 is 2.17 bits per heavy atom. The highest BCUT2D eigenvalue weighted by Crippen LogP contribution is 2.27. The molecule has 130 valence electrons. The minimum Gasteiger partial charge on any atom is -0.364 e. The molecule has 0 spiro atoms. The van der Waals surface area contributed by atoms with Crippen molar-refractivity contribution >= 4 is 17.0 Å². The standard InChI is InChI=1S/C15H16F4N4S/c1-2-10-20-9(8-24-10)7-22-3-5-23(6-4-22)13-11(16)14(18)21-15(19)12(13)17/h8H,2-7H2,1H3. The molecule has 0 saturated carbocycles. The molecule has 1 aliphatic heterocycles. The van der Waals surface area contributed by atoms with Crippen LogP contribution in [0.3, 0.4) is 0 Å². The van der Waals surface area contributed by atoms with E-state index in [1.165, 1.54) is 4.90 Å². The Morgan fingerprint density at radius 2 is 1.62 bits per heavy atom. The van der Waals surface area contributed by atoms with Gasteiger partial charge in [0.1, 0.15) is 5.69 Å². The Kier molecular flexibility index (Phi) is 5.00. The molecule has 9 heteroatoms. The highest BCUT2D eigenvalue weighted by atomic mass is 32.1. The van der Waals surface area contributed by atoms with E-state index in [4.69, 9.17) is 0 Å². The Morgan fingerprint density at radius 1 is 1.00 bits per heavy atom. The number of hydrogen-bond acceptors (Lipinski definition) is 5. The maximum atomic E-state index is 13.8. The molecule has 24 heavy (non-hydrogen) atoms. The monoisotopic (exact) mass is 360 g/mol. The number of hydrogen-bond donors (Lipinski definition) is 0. The minimum absolute atomic E-state index is 0.265. The molecule has 1 aliphatic rings. The second-order valence-corrected chi connectivity index (χ2v) is 6.46. The van der Waals surface area contributed by atoms with Gasteiger partial charge in [0, 0.05) is 38.1 Å². The molecular formula is C15H16F4N4S. The molecule has 0 aliphatic carbocycles. The number of nitrogens with zero attached hydrogens (tertiary/aromatic N) is 4. The van der Waals surface area contributed by atoms with Crippen molar-refractivity contribution in [1.29, 1.82) is 0 Å². The van der Waals surface area contributed by atoms with Crippen molar-refractivity contribution in [2.75, 3.05) is 31.1 Å². The number of anilines is 1. The van der Waals surface area contributed by atoms with E-state index in [0.717, 1.165) is 17.1 Å². The third-order valence-electron chi connectivity index (χ3n) is 3.95. The molecule has 0 atom stereocenters. The van der Waals surface area contributed by atoms with Crippen LogP contribution in [-0.4, -0.2) is 41.0 Å². The van der Waals surface area contributed by atoms with Gasteiger partial charge < -0.3 is 4.90 Å². The molecule has 1 saturated heterocycles. The van der Waals surface area contributed by atoms with E-state index in [-0.39, 0.29) is 13.1 Å². The van der Waals surface area contributed by atoms with Gasteiger partial charge in [-0.3, -0.25) is 4.90 Å². The fourth-order valence-corrected chi connectivity index (χ4v) is 3.43. The summed E-state index contributed by atoms with van der Waals surface area (Å²) >= 11 is 1.60. The first kappa shape index (κ1) is 17.1. The van der Waals surface area contributed by atoms with Crippen molar-refractivity contribution in [3.05, 3.63) is 39.6 Å². The van der Waals surface area contributed by atoms with Gasteiger partial charge in [-0.1, -0.05) is 6.92 Å². The van der Waals surface area contributed by atoms with E-state index >= 15 is 0 Å². The molecule has 2 aromatic heterocycles. The first-order valence-corrected chi connectivity index (χ1v) is 8.48. The summed E-state index contributed by atoms with van der Waals surface area (Å²) in [5, 5.41) is 3.06. The first-order valence-electron chi connectivity index (χ1n) is 7.60. The zero-order valence-electron chi connectivity index (χ0n) is 13.0. The number of pyridine rings is 1. The van der Waals surface area contributed by atoms with E-state index in [1.54, 1.807) is 11.3 Å². The number of aromatic nitrogens is 2. The smallest absolute Gasteiger partial charge is 0.253 e. The molecule has 3 heterocycles. The molecule has 1 fully saturated rings. The minimum atomic E-state index is -1.62. The largest absolute Gasteiger partial charge is 0.364 e. The van der Waals surface area contributed by atoms with Crippen LogP contribution < -0.4 is 4.90 Å². The van der Waals surface area contributed by atoms with Crippen LogP contribution in [0.2, 0.25) is 0 Å². The van der Waals surface area contributed by atoms with Crippen LogP contribution in [0.5, 0.6) is 0 Å². The van der Waals surface area contributed by atoms with Gasteiger partial charge in [0.25, 0.3) is 11.9 Å². The lowest BCUT2D eigenvalue weighted by atomic mass is 10.2. The predicted molar refractivity (Wildman–Crippen MR) is 83.1 cm³/mol. The molecule has 3 rings (SSSR count). The number of halogens is 4. The van der Waals surface area contributed by atoms with E-state index in [1.807, 2.05) is 12.3 Å². The molecule has 0 unspecified atom stereocenters. The number of piperazine rings is 1. The third kappa shape index (κ3) is 3.36. The number of rotatable bonds is 4. The van der Waals surface area contributed by atoms with E-state index in [0.29, 0.717) is 19.6 Å². The summed E-state index contributed by atoms with van der Waals surface area (Å²) in [6, 6.07) is 0. The van der Waals surface area contributed by atoms with Crippen molar-refractivity contribution in [3.63, 3.8) is 0 Å². The third-order valence-corrected chi connectivity index (χ3v) is 4.99. The summed E-state index contributed by atoms with van der Waals surface area (Å²) in [7, 11) is 0. The molecule has 0 amide bonds. The fourth-order valence-electron chi connectivity index (χ4n) is 2.70. The summed E-state index contributed by atoms with van der Waals surface area (Å²) in [4.78, 5) is 10.5. The van der Waals surface area contributed by atoms with Crippen molar-refractivity contribution < 1.29 is 17.6 Å². The quantitative estimate of drug-likeness (QED) is 0.620. The predicted octanol–water partition coefficient (Wildman–Crippen LogP) is 2.98. The Labute approximate surface area is 140 Å². The lowest BCUT2D eigenvalue weighted by Crippen LogP contribution is -2.46. The van der Waals surface area contributed by atoms with Gasteiger partial charge in [-0.25, -0.2) is 4.98 Å². The number of thiazole rings is 1. The van der Waals surface area contributed by atoms with Crippen LogP contribution in [0.25, 0.3) is 0 Å². The van der Waals surface area contributed by atoms with Gasteiger partial charge in [0.05, 0.1) is 10.7 Å². The van der Waals surface area contributed by atoms with Gasteiger partial charge in [-0.05, 0) is 6.42 Å². The maximum Gasteiger partial charge on any atom is 0.253 e. The molecule has 0 bridgehead atoms. The zero-order valence-corrected chi connectivity index (χ0v) is 13.8. The summed E-state index contributed by atoms with van der Waals surface area (Å²) < 4.78 is 54.1. The van der Waals surface area contributed by atoms with Crippen LogP contribution >= 0.6 is 11.3 Å². The maximum absolute atomic E-state index is 13.8. The number of aryl methyl sites for hydroxylation is 1. The van der Waals surface area contributed by atoms with Crippen LogP contribution in [0.15, 0.2) is 5.38 Å². The highest BCUT2D eigenvalue weighted by Gasteiger charge is 2.28. The molecule has 0 N–H and O–H groups in total.